The summed E-state index contributed by atoms with van der Waals surface area (Å²) in [7, 11) is -3.02. The minimum atomic E-state index is -1.51. The lowest BCUT2D eigenvalue weighted by molar-refractivity contribution is 0.492. The highest BCUT2D eigenvalue weighted by molar-refractivity contribution is 7.57. The second kappa shape index (κ2) is 32.7. The van der Waals surface area contributed by atoms with Gasteiger partial charge in [-0.1, -0.05) is 180 Å². The molecule has 74 heavy (non-hydrogen) atoms. The van der Waals surface area contributed by atoms with Gasteiger partial charge in [0, 0.05) is 0 Å². The standard InChI is InChI=1S/C68H92O4P2/c1-9-17-25-53-33-45-65(59(49-53)29-21-13-5)69-73(70-66-46-34-54(26-18-10-2)50-60(66)30-22-14-6)63-41-37-57(38-42-63)58-39-43-64(44-40-58)74(71-67-47-35-55(27-19-11-3)51-61(67)31-23-15-7)72-68-48-36-56(28-20-12-4)52-62(68)32-24-16-8/h33-52H,9-32H2,1-8H3. The molecule has 0 saturated heterocycles. The number of hydrogen-bond donors (Lipinski definition) is 0. The Balaban J connectivity index is 1.35. The number of hydrogen-bond acceptors (Lipinski definition) is 4. The van der Waals surface area contributed by atoms with Crippen molar-refractivity contribution >= 4 is 27.4 Å². The van der Waals surface area contributed by atoms with E-state index in [-0.39, 0.29) is 0 Å². The van der Waals surface area contributed by atoms with E-state index in [0.29, 0.717) is 0 Å². The van der Waals surface area contributed by atoms with Crippen molar-refractivity contribution in [1.82, 2.24) is 0 Å². The number of benzene rings is 6. The van der Waals surface area contributed by atoms with E-state index in [4.69, 9.17) is 18.1 Å². The van der Waals surface area contributed by atoms with Gasteiger partial charge in [-0.15, -0.1) is 0 Å². The van der Waals surface area contributed by atoms with E-state index in [0.717, 1.165) is 147 Å². The van der Waals surface area contributed by atoms with Gasteiger partial charge in [0.25, 0.3) is 0 Å². The van der Waals surface area contributed by atoms with Crippen molar-refractivity contribution in [3.8, 4) is 34.1 Å². The van der Waals surface area contributed by atoms with Crippen LogP contribution in [0.15, 0.2) is 121 Å². The molecule has 0 unspecified atom stereocenters. The third-order valence-electron chi connectivity index (χ3n) is 14.2. The summed E-state index contributed by atoms with van der Waals surface area (Å²) in [6, 6.07) is 45.3. The molecule has 0 aromatic heterocycles. The largest absolute Gasteiger partial charge is 0.435 e. The van der Waals surface area contributed by atoms with Crippen LogP contribution in [0.1, 0.15) is 203 Å². The second-order valence-electron chi connectivity index (χ2n) is 20.6. The first-order valence-electron chi connectivity index (χ1n) is 29.3. The molecule has 0 atom stereocenters. The summed E-state index contributed by atoms with van der Waals surface area (Å²) in [6.45, 7) is 18.1. The molecule has 0 heterocycles. The van der Waals surface area contributed by atoms with Crippen molar-refractivity contribution in [2.24, 2.45) is 0 Å². The van der Waals surface area contributed by atoms with Gasteiger partial charge in [-0.25, -0.2) is 0 Å². The molecule has 0 spiro atoms. The fourth-order valence-corrected chi connectivity index (χ4v) is 12.1. The average Bonchev–Trinajstić information content (AvgIpc) is 3.43. The van der Waals surface area contributed by atoms with Gasteiger partial charge in [-0.2, -0.15) is 0 Å². The van der Waals surface area contributed by atoms with Crippen LogP contribution in [-0.2, 0) is 51.4 Å². The zero-order chi connectivity index (χ0) is 52.3. The molecule has 0 bridgehead atoms. The van der Waals surface area contributed by atoms with Crippen LogP contribution in [0.5, 0.6) is 23.0 Å². The second-order valence-corrected chi connectivity index (χ2v) is 23.4. The number of unbranched alkanes of at least 4 members (excludes halogenated alkanes) is 8. The minimum Gasteiger partial charge on any atom is -0.435 e. The van der Waals surface area contributed by atoms with E-state index in [1.807, 2.05) is 0 Å². The fourth-order valence-electron chi connectivity index (χ4n) is 9.44. The molecule has 0 saturated carbocycles. The fraction of sp³-hybridized carbons (Fsp3) is 0.471. The smallest absolute Gasteiger partial charge is 0.326 e. The van der Waals surface area contributed by atoms with E-state index in [1.165, 1.54) is 95.9 Å². The average molecular weight is 1040 g/mol. The molecule has 0 aliphatic heterocycles. The first-order chi connectivity index (χ1) is 36.3. The molecule has 0 fully saturated rings. The molecule has 4 nitrogen and oxygen atoms in total. The van der Waals surface area contributed by atoms with Crippen molar-refractivity contribution < 1.29 is 18.1 Å². The van der Waals surface area contributed by atoms with Crippen LogP contribution in [0, 0.1) is 0 Å². The molecule has 0 radical (unpaired) electrons. The number of aryl methyl sites for hydroxylation is 8. The highest BCUT2D eigenvalue weighted by Crippen LogP contribution is 2.45. The van der Waals surface area contributed by atoms with Crippen LogP contribution in [0.2, 0.25) is 0 Å². The quantitative estimate of drug-likeness (QED) is 0.0372. The highest BCUT2D eigenvalue weighted by atomic mass is 31.2. The number of rotatable bonds is 35. The molecule has 0 aliphatic rings. The van der Waals surface area contributed by atoms with Gasteiger partial charge in [0.1, 0.15) is 23.0 Å². The lowest BCUT2D eigenvalue weighted by atomic mass is 10.0. The summed E-state index contributed by atoms with van der Waals surface area (Å²) < 4.78 is 28.6. The molecular formula is C68H92O4P2. The van der Waals surface area contributed by atoms with Gasteiger partial charge in [0.05, 0.1) is 10.6 Å². The Labute approximate surface area is 452 Å². The van der Waals surface area contributed by atoms with E-state index >= 15 is 0 Å². The Morgan fingerprint density at radius 1 is 0.257 bits per heavy atom. The van der Waals surface area contributed by atoms with Gasteiger partial charge < -0.3 is 18.1 Å². The maximum absolute atomic E-state index is 7.16. The van der Waals surface area contributed by atoms with Crippen molar-refractivity contribution in [2.45, 2.75) is 209 Å². The summed E-state index contributed by atoms with van der Waals surface area (Å²) >= 11 is 0. The minimum absolute atomic E-state index is 0.940. The monoisotopic (exact) mass is 1030 g/mol. The molecule has 6 heteroatoms. The summed E-state index contributed by atoms with van der Waals surface area (Å²) in [5, 5.41) is 2.11. The third-order valence-corrected chi connectivity index (χ3v) is 17.1. The van der Waals surface area contributed by atoms with Crippen molar-refractivity contribution in [1.29, 1.82) is 0 Å². The Hall–Kier alpha value is -4.62. The molecule has 6 aromatic rings. The summed E-state index contributed by atoms with van der Waals surface area (Å²) in [5.74, 6) is 3.76. The zero-order valence-electron chi connectivity index (χ0n) is 47.0. The van der Waals surface area contributed by atoms with Crippen molar-refractivity contribution in [2.75, 3.05) is 0 Å². The zero-order valence-corrected chi connectivity index (χ0v) is 48.8. The van der Waals surface area contributed by atoms with Gasteiger partial charge >= 0.3 is 16.8 Å². The SMILES string of the molecule is CCCCc1ccc(OP(Oc2ccc(CCCC)cc2CCCC)c2ccc(-c3ccc(P(Oc4ccc(CCCC)cc4CCCC)Oc4ccc(CCCC)cc4CCCC)cc3)cc2)c(CCCC)c1. The van der Waals surface area contributed by atoms with Gasteiger partial charge in [-0.05, 0) is 207 Å². The molecule has 0 N–H and O–H groups in total. The van der Waals surface area contributed by atoms with Crippen LogP contribution in [-0.4, -0.2) is 0 Å². The molecule has 6 aromatic carbocycles. The molecule has 0 aliphatic carbocycles. The van der Waals surface area contributed by atoms with E-state index in [9.17, 15) is 0 Å². The van der Waals surface area contributed by atoms with E-state index in [2.05, 4.69) is 177 Å². The Bertz CT molecular complexity index is 2220. The predicted octanol–water partition coefficient (Wildman–Crippen LogP) is 20.3. The first kappa shape index (κ1) is 58.6. The maximum atomic E-state index is 7.16. The maximum Gasteiger partial charge on any atom is 0.326 e. The lowest BCUT2D eigenvalue weighted by Gasteiger charge is -2.23. The summed E-state index contributed by atoms with van der Waals surface area (Å²) in [5.41, 5.74) is 13.0. The van der Waals surface area contributed by atoms with Crippen LogP contribution < -0.4 is 28.7 Å². The molecule has 0 amide bonds. The molecule has 6 rings (SSSR count). The van der Waals surface area contributed by atoms with E-state index < -0.39 is 16.8 Å². The van der Waals surface area contributed by atoms with Crippen LogP contribution in [0.25, 0.3) is 11.1 Å². The molecule has 398 valence electrons. The Morgan fingerprint density at radius 2 is 0.473 bits per heavy atom. The van der Waals surface area contributed by atoms with Crippen molar-refractivity contribution in [3.63, 3.8) is 0 Å². The van der Waals surface area contributed by atoms with Gasteiger partial charge in [0.2, 0.25) is 0 Å². The topological polar surface area (TPSA) is 36.9 Å². The van der Waals surface area contributed by atoms with Crippen LogP contribution in [0.3, 0.4) is 0 Å². The summed E-state index contributed by atoms with van der Waals surface area (Å²) in [6.07, 6.45) is 26.9. The Kier molecular flexibility index (Phi) is 25.9. The lowest BCUT2D eigenvalue weighted by Crippen LogP contribution is -2.12. The van der Waals surface area contributed by atoms with Gasteiger partial charge in [0.15, 0.2) is 0 Å². The normalized spacial score (nSPS) is 11.4. The predicted molar refractivity (Wildman–Crippen MR) is 322 cm³/mol. The molecular weight excluding hydrogens is 943 g/mol. The first-order valence-corrected chi connectivity index (χ1v) is 31.7. The van der Waals surface area contributed by atoms with Gasteiger partial charge in [-0.3, -0.25) is 0 Å². The summed E-state index contributed by atoms with van der Waals surface area (Å²) in [4.78, 5) is 0. The third kappa shape index (κ3) is 18.3. The van der Waals surface area contributed by atoms with Crippen LogP contribution >= 0.6 is 16.8 Å². The van der Waals surface area contributed by atoms with Crippen LogP contribution in [0.4, 0.5) is 0 Å². The highest BCUT2D eigenvalue weighted by Gasteiger charge is 2.25. The van der Waals surface area contributed by atoms with E-state index in [1.54, 1.807) is 0 Å². The Morgan fingerprint density at radius 3 is 0.689 bits per heavy atom. The van der Waals surface area contributed by atoms with Crippen molar-refractivity contribution in [3.05, 3.63) is 166 Å².